The summed E-state index contributed by atoms with van der Waals surface area (Å²) in [6, 6.07) is 0.376. The highest BCUT2D eigenvalue weighted by atomic mass is 32.2. The van der Waals surface area contributed by atoms with Crippen LogP contribution in [0, 0.1) is 6.92 Å². The van der Waals surface area contributed by atoms with E-state index < -0.39 is 0 Å². The molecule has 5 heteroatoms. The van der Waals surface area contributed by atoms with E-state index in [1.54, 1.807) is 11.8 Å². The molecule has 1 fully saturated rings. The Bertz CT molecular complexity index is 299. The molecular formula is C9H16N4S. The normalized spacial score (nSPS) is 27.9. The van der Waals surface area contributed by atoms with E-state index >= 15 is 0 Å². The van der Waals surface area contributed by atoms with Crippen LogP contribution >= 0.6 is 11.8 Å². The Labute approximate surface area is 88.1 Å². The molecule has 0 aromatic carbocycles. The zero-order valence-electron chi connectivity index (χ0n) is 8.36. The first-order valence-corrected chi connectivity index (χ1v) is 5.93. The van der Waals surface area contributed by atoms with Crippen LogP contribution in [0.1, 0.15) is 31.5 Å². The van der Waals surface area contributed by atoms with Crippen molar-refractivity contribution in [1.29, 1.82) is 0 Å². The Morgan fingerprint density at radius 2 is 2.36 bits per heavy atom. The van der Waals surface area contributed by atoms with Crippen molar-refractivity contribution in [3.05, 3.63) is 5.82 Å². The number of nitrogens with two attached hydrogens (primary N) is 1. The first kappa shape index (κ1) is 9.98. The molecule has 1 aromatic heterocycles. The average molecular weight is 212 g/mol. The third-order valence-electron chi connectivity index (χ3n) is 2.52. The van der Waals surface area contributed by atoms with Crippen molar-refractivity contribution in [2.75, 3.05) is 0 Å². The Morgan fingerprint density at radius 1 is 1.50 bits per heavy atom. The monoisotopic (exact) mass is 212 g/mol. The summed E-state index contributed by atoms with van der Waals surface area (Å²) in [5.74, 6) is 0.882. The molecule has 0 bridgehead atoms. The number of H-pyrrole nitrogens is 1. The fraction of sp³-hybridized carbons (Fsp3) is 0.778. The average Bonchev–Trinajstić information content (AvgIpc) is 2.51. The lowest BCUT2D eigenvalue weighted by molar-refractivity contribution is 0.451. The fourth-order valence-electron chi connectivity index (χ4n) is 1.81. The molecule has 78 valence electrons. The van der Waals surface area contributed by atoms with Crippen LogP contribution < -0.4 is 5.73 Å². The third kappa shape index (κ3) is 2.48. The molecule has 0 saturated heterocycles. The van der Waals surface area contributed by atoms with Crippen LogP contribution in [0.4, 0.5) is 0 Å². The van der Waals surface area contributed by atoms with Crippen molar-refractivity contribution in [3.63, 3.8) is 0 Å². The van der Waals surface area contributed by atoms with Gasteiger partial charge in [-0.15, -0.1) is 5.10 Å². The van der Waals surface area contributed by atoms with Crippen molar-refractivity contribution in [1.82, 2.24) is 15.2 Å². The number of aryl methyl sites for hydroxylation is 1. The van der Waals surface area contributed by atoms with Gasteiger partial charge in [-0.2, -0.15) is 0 Å². The summed E-state index contributed by atoms with van der Waals surface area (Å²) < 4.78 is 0. The van der Waals surface area contributed by atoms with E-state index in [-0.39, 0.29) is 0 Å². The molecule has 2 rings (SSSR count). The fourth-order valence-corrected chi connectivity index (χ4v) is 3.03. The third-order valence-corrected chi connectivity index (χ3v) is 3.67. The first-order valence-electron chi connectivity index (χ1n) is 5.05. The van der Waals surface area contributed by atoms with Gasteiger partial charge in [-0.3, -0.25) is 5.10 Å². The van der Waals surface area contributed by atoms with Crippen LogP contribution in [0.25, 0.3) is 0 Å². The van der Waals surface area contributed by atoms with Crippen LogP contribution in [0.3, 0.4) is 0 Å². The Balaban J connectivity index is 1.90. The number of thioether (sulfide) groups is 1. The molecule has 0 aliphatic heterocycles. The van der Waals surface area contributed by atoms with E-state index in [1.807, 2.05) is 6.92 Å². The zero-order valence-corrected chi connectivity index (χ0v) is 9.18. The Hall–Kier alpha value is -0.550. The number of nitrogens with zero attached hydrogens (tertiary/aromatic N) is 2. The van der Waals surface area contributed by atoms with Crippen molar-refractivity contribution in [3.8, 4) is 0 Å². The second-order valence-electron chi connectivity index (χ2n) is 3.87. The maximum absolute atomic E-state index is 5.92. The van der Waals surface area contributed by atoms with Crippen LogP contribution in [-0.2, 0) is 0 Å². The highest BCUT2D eigenvalue weighted by Crippen LogP contribution is 2.31. The van der Waals surface area contributed by atoms with Crippen LogP contribution in [0.15, 0.2) is 5.16 Å². The van der Waals surface area contributed by atoms with Crippen molar-refractivity contribution >= 4 is 11.8 Å². The Kier molecular flexibility index (Phi) is 3.08. The SMILES string of the molecule is Cc1nc(SC2CCCC(N)C2)n[nH]1. The minimum absolute atomic E-state index is 0.376. The second kappa shape index (κ2) is 4.31. The van der Waals surface area contributed by atoms with Crippen LogP contribution in [-0.4, -0.2) is 26.5 Å². The summed E-state index contributed by atoms with van der Waals surface area (Å²) in [6.45, 7) is 1.92. The molecule has 4 nitrogen and oxygen atoms in total. The lowest BCUT2D eigenvalue weighted by atomic mass is 9.96. The smallest absolute Gasteiger partial charge is 0.208 e. The van der Waals surface area contributed by atoms with Gasteiger partial charge in [-0.1, -0.05) is 18.2 Å². The molecule has 0 spiro atoms. The predicted molar refractivity (Wildman–Crippen MR) is 57.2 cm³/mol. The number of aromatic amines is 1. The molecule has 2 atom stereocenters. The lowest BCUT2D eigenvalue weighted by Gasteiger charge is -2.24. The summed E-state index contributed by atoms with van der Waals surface area (Å²) in [5.41, 5.74) is 5.92. The molecule has 2 unspecified atom stereocenters. The van der Waals surface area contributed by atoms with Crippen molar-refractivity contribution < 1.29 is 0 Å². The highest BCUT2D eigenvalue weighted by molar-refractivity contribution is 7.99. The maximum atomic E-state index is 5.92. The largest absolute Gasteiger partial charge is 0.328 e. The molecule has 1 saturated carbocycles. The minimum atomic E-state index is 0.376. The molecule has 1 aliphatic rings. The van der Waals surface area contributed by atoms with Gasteiger partial charge >= 0.3 is 0 Å². The quantitative estimate of drug-likeness (QED) is 0.779. The summed E-state index contributed by atoms with van der Waals surface area (Å²) in [4.78, 5) is 4.29. The number of aromatic nitrogens is 3. The first-order chi connectivity index (χ1) is 6.74. The molecular weight excluding hydrogens is 196 g/mol. The second-order valence-corrected chi connectivity index (χ2v) is 5.14. The molecule has 1 aliphatic carbocycles. The van der Waals surface area contributed by atoms with E-state index in [0.29, 0.717) is 11.3 Å². The lowest BCUT2D eigenvalue weighted by Crippen LogP contribution is -2.29. The van der Waals surface area contributed by atoms with E-state index in [4.69, 9.17) is 5.73 Å². The van der Waals surface area contributed by atoms with Crippen LogP contribution in [0.5, 0.6) is 0 Å². The van der Waals surface area contributed by atoms with Gasteiger partial charge in [0.05, 0.1) is 0 Å². The minimum Gasteiger partial charge on any atom is -0.328 e. The van der Waals surface area contributed by atoms with Gasteiger partial charge in [0.2, 0.25) is 5.16 Å². The Morgan fingerprint density at radius 3 is 3.00 bits per heavy atom. The van der Waals surface area contributed by atoms with Gasteiger partial charge in [-0.05, 0) is 26.2 Å². The van der Waals surface area contributed by atoms with Gasteiger partial charge in [0, 0.05) is 11.3 Å². The molecule has 1 aromatic rings. The van der Waals surface area contributed by atoms with Gasteiger partial charge < -0.3 is 5.73 Å². The zero-order chi connectivity index (χ0) is 9.97. The van der Waals surface area contributed by atoms with E-state index in [0.717, 1.165) is 17.4 Å². The van der Waals surface area contributed by atoms with Crippen molar-refractivity contribution in [2.24, 2.45) is 5.73 Å². The highest BCUT2D eigenvalue weighted by Gasteiger charge is 2.21. The summed E-state index contributed by atoms with van der Waals surface area (Å²) in [7, 11) is 0. The predicted octanol–water partition coefficient (Wildman–Crippen LogP) is 1.48. The molecule has 14 heavy (non-hydrogen) atoms. The van der Waals surface area contributed by atoms with E-state index in [9.17, 15) is 0 Å². The van der Waals surface area contributed by atoms with E-state index in [2.05, 4.69) is 15.2 Å². The maximum Gasteiger partial charge on any atom is 0.208 e. The molecule has 0 radical (unpaired) electrons. The number of hydrogen-bond donors (Lipinski definition) is 2. The van der Waals surface area contributed by atoms with E-state index in [1.165, 1.54) is 19.3 Å². The number of nitrogens with one attached hydrogen (secondary N) is 1. The topological polar surface area (TPSA) is 67.6 Å². The van der Waals surface area contributed by atoms with Gasteiger partial charge in [0.1, 0.15) is 5.82 Å². The summed E-state index contributed by atoms with van der Waals surface area (Å²) in [6.07, 6.45) is 4.75. The molecule has 3 N–H and O–H groups in total. The number of hydrogen-bond acceptors (Lipinski definition) is 4. The standard InChI is InChI=1S/C9H16N4S/c1-6-11-9(13-12-6)14-8-4-2-3-7(10)5-8/h7-8H,2-5,10H2,1H3,(H,11,12,13). The number of rotatable bonds is 2. The van der Waals surface area contributed by atoms with Crippen LogP contribution in [0.2, 0.25) is 0 Å². The molecule has 0 amide bonds. The van der Waals surface area contributed by atoms with Crippen molar-refractivity contribution in [2.45, 2.75) is 49.1 Å². The van der Waals surface area contributed by atoms with Gasteiger partial charge in [0.15, 0.2) is 0 Å². The van der Waals surface area contributed by atoms with Gasteiger partial charge in [0.25, 0.3) is 0 Å². The summed E-state index contributed by atoms with van der Waals surface area (Å²) >= 11 is 1.76. The van der Waals surface area contributed by atoms with Gasteiger partial charge in [-0.25, -0.2) is 4.98 Å². The summed E-state index contributed by atoms with van der Waals surface area (Å²) in [5, 5.41) is 8.45. The molecule has 1 heterocycles.